The maximum atomic E-state index is 5.71. The second-order valence-electron chi connectivity index (χ2n) is 5.34. The molecule has 0 aliphatic carbocycles. The number of rotatable bonds is 3. The standard InChI is InChI=1S/C15H19N5/c1-9(2)20-14-5-4-11(7-16)6-13(14)18-15(20)12-8-17-19-10(12)3/h4-6,8-9H,7,16H2,1-3H3,(H,17,19). The third kappa shape index (κ3) is 1.91. The first kappa shape index (κ1) is 12.9. The van der Waals surface area contributed by atoms with E-state index >= 15 is 0 Å². The average Bonchev–Trinajstić information content (AvgIpc) is 3.00. The molecular formula is C15H19N5. The number of benzene rings is 1. The molecule has 5 heteroatoms. The molecule has 104 valence electrons. The van der Waals surface area contributed by atoms with Gasteiger partial charge in [0.2, 0.25) is 0 Å². The summed E-state index contributed by atoms with van der Waals surface area (Å²) < 4.78 is 2.24. The number of nitrogens with one attached hydrogen (secondary N) is 1. The molecule has 3 aromatic rings. The summed E-state index contributed by atoms with van der Waals surface area (Å²) in [5.41, 5.74) is 11.0. The van der Waals surface area contributed by atoms with Crippen LogP contribution in [0.5, 0.6) is 0 Å². The zero-order valence-corrected chi connectivity index (χ0v) is 12.0. The maximum absolute atomic E-state index is 5.71. The molecule has 20 heavy (non-hydrogen) atoms. The second-order valence-corrected chi connectivity index (χ2v) is 5.34. The highest BCUT2D eigenvalue weighted by Gasteiger charge is 2.17. The molecule has 2 heterocycles. The predicted octanol–water partition coefficient (Wildman–Crippen LogP) is 2.77. The first-order chi connectivity index (χ1) is 9.61. The zero-order valence-electron chi connectivity index (χ0n) is 12.0. The van der Waals surface area contributed by atoms with Crippen molar-refractivity contribution in [3.05, 3.63) is 35.7 Å². The van der Waals surface area contributed by atoms with Crippen LogP contribution < -0.4 is 5.73 Å². The summed E-state index contributed by atoms with van der Waals surface area (Å²) in [6.45, 7) is 6.87. The van der Waals surface area contributed by atoms with E-state index in [4.69, 9.17) is 10.7 Å². The summed E-state index contributed by atoms with van der Waals surface area (Å²) in [6.07, 6.45) is 1.83. The van der Waals surface area contributed by atoms with Gasteiger partial charge in [0.1, 0.15) is 5.82 Å². The van der Waals surface area contributed by atoms with Gasteiger partial charge in [0.25, 0.3) is 0 Å². The van der Waals surface area contributed by atoms with Crippen molar-refractivity contribution in [1.82, 2.24) is 19.7 Å². The van der Waals surface area contributed by atoms with Crippen LogP contribution in [0.3, 0.4) is 0 Å². The van der Waals surface area contributed by atoms with Crippen molar-refractivity contribution >= 4 is 11.0 Å². The van der Waals surface area contributed by atoms with Crippen LogP contribution in [0, 0.1) is 6.92 Å². The summed E-state index contributed by atoms with van der Waals surface area (Å²) in [7, 11) is 0. The summed E-state index contributed by atoms with van der Waals surface area (Å²) in [4.78, 5) is 4.79. The monoisotopic (exact) mass is 269 g/mol. The number of hydrogen-bond donors (Lipinski definition) is 2. The van der Waals surface area contributed by atoms with Crippen molar-refractivity contribution in [3.63, 3.8) is 0 Å². The lowest BCUT2D eigenvalue weighted by molar-refractivity contribution is 0.624. The molecule has 3 rings (SSSR count). The van der Waals surface area contributed by atoms with E-state index in [1.54, 1.807) is 0 Å². The minimum Gasteiger partial charge on any atom is -0.326 e. The largest absolute Gasteiger partial charge is 0.326 e. The van der Waals surface area contributed by atoms with Crippen molar-refractivity contribution in [2.24, 2.45) is 5.73 Å². The minimum absolute atomic E-state index is 0.327. The normalized spacial score (nSPS) is 11.7. The summed E-state index contributed by atoms with van der Waals surface area (Å²) in [5, 5.41) is 7.08. The van der Waals surface area contributed by atoms with Gasteiger partial charge in [-0.1, -0.05) is 6.07 Å². The molecule has 0 radical (unpaired) electrons. The molecule has 3 N–H and O–H groups in total. The fourth-order valence-electron chi connectivity index (χ4n) is 2.56. The number of aromatic nitrogens is 4. The van der Waals surface area contributed by atoms with Crippen LogP contribution in [0.25, 0.3) is 22.4 Å². The molecule has 0 saturated carbocycles. The van der Waals surface area contributed by atoms with Crippen molar-refractivity contribution in [2.45, 2.75) is 33.4 Å². The van der Waals surface area contributed by atoms with Gasteiger partial charge >= 0.3 is 0 Å². The fourth-order valence-corrected chi connectivity index (χ4v) is 2.56. The number of imidazole rings is 1. The van der Waals surface area contributed by atoms with Gasteiger partial charge < -0.3 is 10.3 Å². The smallest absolute Gasteiger partial charge is 0.144 e. The van der Waals surface area contributed by atoms with Gasteiger partial charge in [0, 0.05) is 18.3 Å². The molecular weight excluding hydrogens is 250 g/mol. The number of nitrogens with zero attached hydrogens (tertiary/aromatic N) is 3. The highest BCUT2D eigenvalue weighted by atomic mass is 15.1. The molecule has 0 fully saturated rings. The van der Waals surface area contributed by atoms with Crippen LogP contribution >= 0.6 is 0 Å². The lowest BCUT2D eigenvalue weighted by Gasteiger charge is -2.12. The Morgan fingerprint density at radius 1 is 1.35 bits per heavy atom. The molecule has 0 spiro atoms. The Morgan fingerprint density at radius 2 is 2.15 bits per heavy atom. The summed E-state index contributed by atoms with van der Waals surface area (Å²) >= 11 is 0. The first-order valence-corrected chi connectivity index (χ1v) is 6.83. The molecule has 0 saturated heterocycles. The molecule has 5 nitrogen and oxygen atoms in total. The van der Waals surface area contributed by atoms with Gasteiger partial charge in [-0.05, 0) is 38.5 Å². The Morgan fingerprint density at radius 3 is 2.75 bits per heavy atom. The van der Waals surface area contributed by atoms with E-state index in [0.29, 0.717) is 12.6 Å². The van der Waals surface area contributed by atoms with Gasteiger partial charge in [0.05, 0.1) is 22.8 Å². The van der Waals surface area contributed by atoms with Crippen LogP contribution in [-0.2, 0) is 6.54 Å². The van der Waals surface area contributed by atoms with Crippen molar-refractivity contribution in [3.8, 4) is 11.4 Å². The fraction of sp³-hybridized carbons (Fsp3) is 0.333. The predicted molar refractivity (Wildman–Crippen MR) is 80.3 cm³/mol. The van der Waals surface area contributed by atoms with Crippen LogP contribution in [0.1, 0.15) is 31.1 Å². The van der Waals surface area contributed by atoms with Crippen molar-refractivity contribution in [2.75, 3.05) is 0 Å². The first-order valence-electron chi connectivity index (χ1n) is 6.83. The summed E-state index contributed by atoms with van der Waals surface area (Å²) in [5.74, 6) is 0.954. The molecule has 0 bridgehead atoms. The third-order valence-corrected chi connectivity index (χ3v) is 3.58. The topological polar surface area (TPSA) is 72.5 Å². The lowest BCUT2D eigenvalue weighted by atomic mass is 10.2. The van der Waals surface area contributed by atoms with Crippen LogP contribution in [0.4, 0.5) is 0 Å². The summed E-state index contributed by atoms with van der Waals surface area (Å²) in [6, 6.07) is 6.55. The van der Waals surface area contributed by atoms with E-state index in [1.807, 2.05) is 13.1 Å². The molecule has 1 aromatic carbocycles. The minimum atomic E-state index is 0.327. The molecule has 0 amide bonds. The maximum Gasteiger partial charge on any atom is 0.144 e. The van der Waals surface area contributed by atoms with E-state index in [-0.39, 0.29) is 0 Å². The number of H-pyrrole nitrogens is 1. The van der Waals surface area contributed by atoms with Crippen molar-refractivity contribution < 1.29 is 0 Å². The SMILES string of the molecule is Cc1[nH]ncc1-c1nc2cc(CN)ccc2n1C(C)C. The van der Waals surface area contributed by atoms with E-state index in [9.17, 15) is 0 Å². The van der Waals surface area contributed by atoms with Crippen molar-refractivity contribution in [1.29, 1.82) is 0 Å². The van der Waals surface area contributed by atoms with Gasteiger partial charge in [-0.2, -0.15) is 5.10 Å². The lowest BCUT2D eigenvalue weighted by Crippen LogP contribution is -2.03. The molecule has 2 aromatic heterocycles. The molecule has 0 aliphatic heterocycles. The number of aryl methyl sites for hydroxylation is 1. The third-order valence-electron chi connectivity index (χ3n) is 3.58. The Bertz CT molecular complexity index is 751. The van der Waals surface area contributed by atoms with Crippen LogP contribution in [-0.4, -0.2) is 19.7 Å². The van der Waals surface area contributed by atoms with Crippen LogP contribution in [0.2, 0.25) is 0 Å². The molecule has 0 atom stereocenters. The Hall–Kier alpha value is -2.14. The molecule has 0 unspecified atom stereocenters. The average molecular weight is 269 g/mol. The van der Waals surface area contributed by atoms with Gasteiger partial charge in [-0.25, -0.2) is 4.98 Å². The highest BCUT2D eigenvalue weighted by Crippen LogP contribution is 2.29. The molecule has 0 aliphatic rings. The van der Waals surface area contributed by atoms with Gasteiger partial charge in [-0.3, -0.25) is 5.10 Å². The van der Waals surface area contributed by atoms with E-state index in [2.05, 4.69) is 46.8 Å². The van der Waals surface area contributed by atoms with E-state index in [0.717, 1.165) is 33.7 Å². The van der Waals surface area contributed by atoms with Crippen LogP contribution in [0.15, 0.2) is 24.4 Å². The van der Waals surface area contributed by atoms with E-state index in [1.165, 1.54) is 0 Å². The second kappa shape index (κ2) is 4.76. The highest BCUT2D eigenvalue weighted by molar-refractivity contribution is 5.81. The number of aromatic amines is 1. The quantitative estimate of drug-likeness (QED) is 0.768. The Kier molecular flexibility index (Phi) is 3.06. The van der Waals surface area contributed by atoms with E-state index < -0.39 is 0 Å². The van der Waals surface area contributed by atoms with Gasteiger partial charge in [0.15, 0.2) is 0 Å². The van der Waals surface area contributed by atoms with Gasteiger partial charge in [-0.15, -0.1) is 0 Å². The Balaban J connectivity index is 2.31. The number of fused-ring (bicyclic) bond motifs is 1. The Labute approximate surface area is 117 Å². The zero-order chi connectivity index (χ0) is 14.3. The number of hydrogen-bond acceptors (Lipinski definition) is 3. The number of nitrogens with two attached hydrogens (primary N) is 1.